The number of carbonyl (C=O) groups is 2. The lowest BCUT2D eigenvalue weighted by Crippen LogP contribution is -2.31. The number of carbonyl (C=O) groups excluding carboxylic acids is 2. The highest BCUT2D eigenvalue weighted by atomic mass is 35.5. The van der Waals surface area contributed by atoms with Crippen molar-refractivity contribution in [1.82, 2.24) is 4.90 Å². The van der Waals surface area contributed by atoms with Gasteiger partial charge in [-0.15, -0.1) is 0 Å². The molecular formula is C18H14ClNO3. The van der Waals surface area contributed by atoms with Gasteiger partial charge in [-0.1, -0.05) is 35.9 Å². The second kappa shape index (κ2) is 6.26. The largest absolute Gasteiger partial charge is 0.497 e. The molecule has 0 fully saturated rings. The van der Waals surface area contributed by atoms with Crippen LogP contribution in [0.3, 0.4) is 0 Å². The summed E-state index contributed by atoms with van der Waals surface area (Å²) in [5.41, 5.74) is 3.77. The van der Waals surface area contributed by atoms with E-state index in [-0.39, 0.29) is 18.4 Å². The third kappa shape index (κ3) is 2.73. The first-order chi connectivity index (χ1) is 11.2. The molecule has 116 valence electrons. The zero-order chi connectivity index (χ0) is 16.4. The lowest BCUT2D eigenvalue weighted by molar-refractivity contribution is 0.0675. The molecule has 0 spiro atoms. The third-order valence-electron chi connectivity index (χ3n) is 3.80. The molecule has 0 radical (unpaired) electrons. The summed E-state index contributed by atoms with van der Waals surface area (Å²) in [4.78, 5) is 26.0. The van der Waals surface area contributed by atoms with Crippen LogP contribution >= 0.6 is 11.6 Å². The van der Waals surface area contributed by atoms with Crippen molar-refractivity contribution >= 4 is 29.0 Å². The van der Waals surface area contributed by atoms with Crippen LogP contribution in [-0.2, 0) is 0 Å². The van der Waals surface area contributed by atoms with Crippen LogP contribution in [-0.4, -0.2) is 30.4 Å². The van der Waals surface area contributed by atoms with E-state index in [1.165, 1.54) is 10.4 Å². The van der Waals surface area contributed by atoms with Crippen molar-refractivity contribution < 1.29 is 14.3 Å². The highest BCUT2D eigenvalue weighted by molar-refractivity contribution is 6.28. The van der Waals surface area contributed by atoms with Gasteiger partial charge in [0.2, 0.25) is 0 Å². The Bertz CT molecular complexity index is 761. The van der Waals surface area contributed by atoms with Crippen LogP contribution in [0.5, 0.6) is 5.75 Å². The summed E-state index contributed by atoms with van der Waals surface area (Å²) >= 11 is 5.92. The fraction of sp³-hybridized carbons (Fsp3) is 0.111. The van der Waals surface area contributed by atoms with Gasteiger partial charge in [0.05, 0.1) is 24.8 Å². The van der Waals surface area contributed by atoms with Crippen LogP contribution in [0.4, 0.5) is 0 Å². The van der Waals surface area contributed by atoms with Crippen molar-refractivity contribution in [3.63, 3.8) is 0 Å². The summed E-state index contributed by atoms with van der Waals surface area (Å²) in [7, 11) is 1.59. The normalized spacial score (nSPS) is 14.2. The van der Waals surface area contributed by atoms with Crippen molar-refractivity contribution in [2.75, 3.05) is 13.7 Å². The zero-order valence-corrected chi connectivity index (χ0v) is 13.2. The van der Waals surface area contributed by atoms with E-state index in [2.05, 4.69) is 0 Å². The number of rotatable bonds is 4. The quantitative estimate of drug-likeness (QED) is 0.806. The van der Waals surface area contributed by atoms with E-state index in [9.17, 15) is 9.59 Å². The molecule has 1 heterocycles. The molecule has 5 heteroatoms. The van der Waals surface area contributed by atoms with Gasteiger partial charge in [-0.25, -0.2) is 0 Å². The molecule has 0 aliphatic carbocycles. The monoisotopic (exact) mass is 327 g/mol. The standard InChI is InChI=1S/C18H14ClNO3/c1-23-14-8-6-12(7-9-14)13(10-19)11-20-17(21)15-4-2-3-5-16(15)18(20)22/h2-10H,11H2,1H3. The van der Waals surface area contributed by atoms with Gasteiger partial charge in [0, 0.05) is 5.54 Å². The molecule has 23 heavy (non-hydrogen) atoms. The molecule has 0 saturated carbocycles. The molecule has 2 amide bonds. The topological polar surface area (TPSA) is 46.6 Å². The highest BCUT2D eigenvalue weighted by Crippen LogP contribution is 2.26. The number of halogens is 1. The number of hydrogen-bond donors (Lipinski definition) is 0. The predicted octanol–water partition coefficient (Wildman–Crippen LogP) is 3.57. The molecule has 2 aromatic carbocycles. The van der Waals surface area contributed by atoms with Gasteiger partial charge < -0.3 is 4.74 Å². The number of benzene rings is 2. The molecule has 4 nitrogen and oxygen atoms in total. The Morgan fingerprint density at radius 1 is 1.04 bits per heavy atom. The Balaban J connectivity index is 1.86. The van der Waals surface area contributed by atoms with Crippen molar-refractivity contribution in [1.29, 1.82) is 0 Å². The van der Waals surface area contributed by atoms with E-state index in [1.54, 1.807) is 43.5 Å². The Morgan fingerprint density at radius 2 is 1.61 bits per heavy atom. The molecule has 2 aromatic rings. The summed E-state index contributed by atoms with van der Waals surface area (Å²) in [5.74, 6) is 0.133. The minimum atomic E-state index is -0.296. The van der Waals surface area contributed by atoms with Crippen LogP contribution in [0, 0.1) is 0 Å². The molecule has 0 saturated heterocycles. The number of fused-ring (bicyclic) bond motifs is 1. The van der Waals surface area contributed by atoms with Gasteiger partial charge in [-0.2, -0.15) is 0 Å². The zero-order valence-electron chi connectivity index (χ0n) is 12.5. The first kappa shape index (κ1) is 15.3. The lowest BCUT2D eigenvalue weighted by Gasteiger charge is -2.16. The van der Waals surface area contributed by atoms with Crippen molar-refractivity contribution in [2.45, 2.75) is 0 Å². The average molecular weight is 328 g/mol. The number of imide groups is 1. The average Bonchev–Trinajstić information content (AvgIpc) is 2.84. The Morgan fingerprint density at radius 3 is 2.09 bits per heavy atom. The van der Waals surface area contributed by atoms with Crippen molar-refractivity contribution in [3.8, 4) is 5.75 Å². The molecule has 0 atom stereocenters. The highest BCUT2D eigenvalue weighted by Gasteiger charge is 2.35. The van der Waals surface area contributed by atoms with E-state index in [4.69, 9.17) is 16.3 Å². The molecule has 0 unspecified atom stereocenters. The fourth-order valence-corrected chi connectivity index (χ4v) is 2.74. The third-order valence-corrected chi connectivity index (χ3v) is 4.06. The van der Waals surface area contributed by atoms with Gasteiger partial charge >= 0.3 is 0 Å². The van der Waals surface area contributed by atoms with Gasteiger partial charge in [0.15, 0.2) is 0 Å². The predicted molar refractivity (Wildman–Crippen MR) is 88.6 cm³/mol. The Kier molecular flexibility index (Phi) is 4.17. The number of nitrogens with zero attached hydrogens (tertiary/aromatic N) is 1. The van der Waals surface area contributed by atoms with Crippen LogP contribution in [0.2, 0.25) is 0 Å². The van der Waals surface area contributed by atoms with Crippen molar-refractivity contribution in [2.24, 2.45) is 0 Å². The van der Waals surface area contributed by atoms with E-state index >= 15 is 0 Å². The molecule has 1 aliphatic rings. The maximum atomic E-state index is 12.4. The number of ether oxygens (including phenoxy) is 1. The first-order valence-electron chi connectivity index (χ1n) is 7.04. The second-order valence-corrected chi connectivity index (χ2v) is 5.32. The summed E-state index contributed by atoms with van der Waals surface area (Å²) < 4.78 is 5.12. The first-order valence-corrected chi connectivity index (χ1v) is 7.48. The lowest BCUT2D eigenvalue weighted by atomic mass is 10.1. The maximum absolute atomic E-state index is 12.4. The van der Waals surface area contributed by atoms with Crippen LogP contribution in [0.1, 0.15) is 26.3 Å². The Labute approximate surface area is 138 Å². The smallest absolute Gasteiger partial charge is 0.261 e. The van der Waals surface area contributed by atoms with E-state index in [0.717, 1.165) is 11.3 Å². The summed E-state index contributed by atoms with van der Waals surface area (Å²) in [5, 5.41) is 0. The van der Waals surface area contributed by atoms with Gasteiger partial charge in [0.25, 0.3) is 11.8 Å². The second-order valence-electron chi connectivity index (χ2n) is 5.10. The number of methoxy groups -OCH3 is 1. The van der Waals surface area contributed by atoms with Crippen LogP contribution in [0.25, 0.3) is 5.57 Å². The number of amides is 2. The van der Waals surface area contributed by atoms with Gasteiger partial charge in [-0.05, 0) is 35.4 Å². The van der Waals surface area contributed by atoms with Crippen LogP contribution < -0.4 is 4.74 Å². The molecule has 0 N–H and O–H groups in total. The van der Waals surface area contributed by atoms with Crippen molar-refractivity contribution in [3.05, 3.63) is 70.8 Å². The molecular weight excluding hydrogens is 314 g/mol. The fourth-order valence-electron chi connectivity index (χ4n) is 2.55. The summed E-state index contributed by atoms with van der Waals surface area (Å²) in [6.07, 6.45) is 0. The van der Waals surface area contributed by atoms with Gasteiger partial charge in [-0.3, -0.25) is 14.5 Å². The summed E-state index contributed by atoms with van der Waals surface area (Å²) in [6.45, 7) is 0.127. The molecule has 3 rings (SSSR count). The van der Waals surface area contributed by atoms with E-state index in [1.807, 2.05) is 12.1 Å². The minimum Gasteiger partial charge on any atom is -0.497 e. The Hall–Kier alpha value is -2.59. The molecule has 0 bridgehead atoms. The summed E-state index contributed by atoms with van der Waals surface area (Å²) in [6, 6.07) is 14.1. The molecule has 1 aliphatic heterocycles. The van der Waals surface area contributed by atoms with Crippen LogP contribution in [0.15, 0.2) is 54.1 Å². The maximum Gasteiger partial charge on any atom is 0.261 e. The van der Waals surface area contributed by atoms with Gasteiger partial charge in [0.1, 0.15) is 5.75 Å². The van der Waals surface area contributed by atoms with E-state index in [0.29, 0.717) is 16.7 Å². The number of hydrogen-bond acceptors (Lipinski definition) is 3. The minimum absolute atomic E-state index is 0.127. The SMILES string of the molecule is COc1ccc(C(=CCl)CN2C(=O)c3ccccc3C2=O)cc1. The van der Waals surface area contributed by atoms with E-state index < -0.39 is 0 Å². The molecule has 0 aromatic heterocycles.